The summed E-state index contributed by atoms with van der Waals surface area (Å²) in [5, 5.41) is 2.93. The van der Waals surface area contributed by atoms with E-state index in [0.717, 1.165) is 18.6 Å². The van der Waals surface area contributed by atoms with Gasteiger partial charge in [0, 0.05) is 31.8 Å². The topological polar surface area (TPSA) is 66.5 Å². The van der Waals surface area contributed by atoms with Gasteiger partial charge in [0.05, 0.1) is 6.26 Å². The maximum absolute atomic E-state index is 11.9. The van der Waals surface area contributed by atoms with Crippen molar-refractivity contribution in [2.75, 3.05) is 37.9 Å². The third kappa shape index (κ3) is 5.61. The predicted molar refractivity (Wildman–Crippen MR) is 84.3 cm³/mol. The van der Waals surface area contributed by atoms with E-state index >= 15 is 0 Å². The van der Waals surface area contributed by atoms with Crippen molar-refractivity contribution in [1.82, 2.24) is 9.62 Å². The van der Waals surface area contributed by atoms with Crippen molar-refractivity contribution in [2.24, 2.45) is 11.8 Å². The van der Waals surface area contributed by atoms with Crippen LogP contribution in [0.1, 0.15) is 26.2 Å². The number of amides is 1. The molecule has 0 aliphatic carbocycles. The Balaban J connectivity index is 2.49. The molecule has 2 atom stereocenters. The first-order valence-corrected chi connectivity index (χ1v) is 10.3. The van der Waals surface area contributed by atoms with Crippen LogP contribution in [-0.4, -0.2) is 56.5 Å². The van der Waals surface area contributed by atoms with Gasteiger partial charge in [-0.15, -0.1) is 0 Å². The Hall–Kier alpha value is -0.270. The molecule has 0 saturated carbocycles. The highest BCUT2D eigenvalue weighted by Gasteiger charge is 2.32. The van der Waals surface area contributed by atoms with Crippen molar-refractivity contribution in [3.8, 4) is 0 Å². The van der Waals surface area contributed by atoms with Crippen LogP contribution >= 0.6 is 11.8 Å². The Kier molecular flexibility index (Phi) is 7.33. The molecule has 1 rings (SSSR count). The smallest absolute Gasteiger partial charge is 0.220 e. The van der Waals surface area contributed by atoms with E-state index in [0.29, 0.717) is 32.0 Å². The molecular weight excluding hydrogens is 296 g/mol. The van der Waals surface area contributed by atoms with Gasteiger partial charge in [0.2, 0.25) is 15.9 Å². The lowest BCUT2D eigenvalue weighted by Crippen LogP contribution is -2.44. The van der Waals surface area contributed by atoms with Gasteiger partial charge in [0.15, 0.2) is 0 Å². The lowest BCUT2D eigenvalue weighted by molar-refractivity contribution is -0.122. The lowest BCUT2D eigenvalue weighted by atomic mass is 9.82. The minimum Gasteiger partial charge on any atom is -0.355 e. The fourth-order valence-electron chi connectivity index (χ4n) is 2.68. The Morgan fingerprint density at radius 1 is 1.40 bits per heavy atom. The van der Waals surface area contributed by atoms with Gasteiger partial charge in [-0.25, -0.2) is 12.7 Å². The molecule has 5 nitrogen and oxygen atoms in total. The molecule has 0 aromatic carbocycles. The summed E-state index contributed by atoms with van der Waals surface area (Å²) >= 11 is 1.71. The monoisotopic (exact) mass is 322 g/mol. The minimum absolute atomic E-state index is 0.0929. The first-order valence-electron chi connectivity index (χ1n) is 7.09. The van der Waals surface area contributed by atoms with E-state index in [9.17, 15) is 13.2 Å². The predicted octanol–water partition coefficient (Wildman–Crippen LogP) is 1.16. The summed E-state index contributed by atoms with van der Waals surface area (Å²) < 4.78 is 24.7. The summed E-state index contributed by atoms with van der Waals surface area (Å²) in [5.74, 6) is 1.60. The second-order valence-corrected chi connectivity index (χ2v) is 8.35. The van der Waals surface area contributed by atoms with E-state index < -0.39 is 10.0 Å². The van der Waals surface area contributed by atoms with E-state index in [-0.39, 0.29) is 11.8 Å². The Labute approximate surface area is 126 Å². The molecule has 1 heterocycles. The summed E-state index contributed by atoms with van der Waals surface area (Å²) in [7, 11) is -3.11. The van der Waals surface area contributed by atoms with Crippen LogP contribution in [0.3, 0.4) is 0 Å². The maximum atomic E-state index is 11.9. The Morgan fingerprint density at radius 3 is 2.65 bits per heavy atom. The lowest BCUT2D eigenvalue weighted by Gasteiger charge is -2.36. The first kappa shape index (κ1) is 17.8. The van der Waals surface area contributed by atoms with Gasteiger partial charge in [-0.05, 0) is 24.5 Å². The normalized spacial score (nSPS) is 24.6. The average molecular weight is 322 g/mol. The van der Waals surface area contributed by atoms with E-state index in [1.54, 1.807) is 16.1 Å². The second kappa shape index (κ2) is 8.24. The number of thioether (sulfide) groups is 1. The van der Waals surface area contributed by atoms with Gasteiger partial charge in [0.25, 0.3) is 0 Å². The Bertz CT molecular complexity index is 412. The number of piperidine rings is 1. The Morgan fingerprint density at radius 2 is 2.10 bits per heavy atom. The third-order valence-corrected chi connectivity index (χ3v) is 5.81. The molecule has 1 N–H and O–H groups in total. The van der Waals surface area contributed by atoms with Gasteiger partial charge in [-0.3, -0.25) is 4.79 Å². The van der Waals surface area contributed by atoms with Crippen molar-refractivity contribution in [1.29, 1.82) is 0 Å². The zero-order valence-corrected chi connectivity index (χ0v) is 14.2. The highest BCUT2D eigenvalue weighted by atomic mass is 32.2. The molecule has 0 bridgehead atoms. The molecular formula is C13H26N2O3S2. The van der Waals surface area contributed by atoms with Crippen LogP contribution in [-0.2, 0) is 14.8 Å². The SMILES string of the molecule is CC[C@H]1CN(S(C)(=O)=O)CC[C@H]1CC(=O)NCCSC. The van der Waals surface area contributed by atoms with Crippen LogP contribution in [0.2, 0.25) is 0 Å². The van der Waals surface area contributed by atoms with Gasteiger partial charge in [0.1, 0.15) is 0 Å². The number of carbonyl (C=O) groups excluding carboxylic acids is 1. The van der Waals surface area contributed by atoms with Crippen molar-refractivity contribution in [3.63, 3.8) is 0 Å². The fourth-order valence-corrected chi connectivity index (χ4v) is 3.89. The van der Waals surface area contributed by atoms with Crippen molar-refractivity contribution in [3.05, 3.63) is 0 Å². The average Bonchev–Trinajstić information content (AvgIpc) is 2.38. The quantitative estimate of drug-likeness (QED) is 0.714. The maximum Gasteiger partial charge on any atom is 0.220 e. The molecule has 0 spiro atoms. The zero-order valence-electron chi connectivity index (χ0n) is 12.6. The van der Waals surface area contributed by atoms with E-state index in [2.05, 4.69) is 12.2 Å². The zero-order chi connectivity index (χ0) is 15.2. The molecule has 20 heavy (non-hydrogen) atoms. The van der Waals surface area contributed by atoms with Crippen LogP contribution in [0.5, 0.6) is 0 Å². The van der Waals surface area contributed by atoms with Gasteiger partial charge in [-0.2, -0.15) is 11.8 Å². The molecule has 1 amide bonds. The molecule has 1 fully saturated rings. The van der Waals surface area contributed by atoms with E-state index in [1.165, 1.54) is 6.26 Å². The molecule has 0 radical (unpaired) electrons. The molecule has 1 aliphatic rings. The summed E-state index contributed by atoms with van der Waals surface area (Å²) in [6.07, 6.45) is 5.48. The van der Waals surface area contributed by atoms with Crippen LogP contribution in [0.15, 0.2) is 0 Å². The summed E-state index contributed by atoms with van der Waals surface area (Å²) in [6.45, 7) is 3.87. The number of nitrogens with zero attached hydrogens (tertiary/aromatic N) is 1. The number of hydrogen-bond donors (Lipinski definition) is 1. The highest BCUT2D eigenvalue weighted by molar-refractivity contribution is 7.98. The first-order chi connectivity index (χ1) is 9.38. The number of nitrogens with one attached hydrogen (secondary N) is 1. The standard InChI is InChI=1S/C13H26N2O3S2/c1-4-11-10-15(20(3,17)18)7-5-12(11)9-13(16)14-6-8-19-2/h11-12H,4-10H2,1-3H3,(H,14,16)/t11-,12-/m0/s1. The molecule has 0 unspecified atom stereocenters. The second-order valence-electron chi connectivity index (χ2n) is 5.38. The summed E-state index contributed by atoms with van der Waals surface area (Å²) in [5.41, 5.74) is 0. The molecule has 118 valence electrons. The number of hydrogen-bond acceptors (Lipinski definition) is 4. The minimum atomic E-state index is -3.11. The fraction of sp³-hybridized carbons (Fsp3) is 0.923. The molecule has 1 aliphatic heterocycles. The molecule has 7 heteroatoms. The van der Waals surface area contributed by atoms with Crippen LogP contribution in [0.25, 0.3) is 0 Å². The van der Waals surface area contributed by atoms with Gasteiger partial charge >= 0.3 is 0 Å². The number of sulfonamides is 1. The van der Waals surface area contributed by atoms with E-state index in [1.807, 2.05) is 6.26 Å². The van der Waals surface area contributed by atoms with Gasteiger partial charge in [-0.1, -0.05) is 13.3 Å². The van der Waals surface area contributed by atoms with Gasteiger partial charge < -0.3 is 5.32 Å². The van der Waals surface area contributed by atoms with Crippen molar-refractivity contribution < 1.29 is 13.2 Å². The van der Waals surface area contributed by atoms with Crippen LogP contribution in [0, 0.1) is 11.8 Å². The number of rotatable bonds is 7. The largest absolute Gasteiger partial charge is 0.355 e. The van der Waals surface area contributed by atoms with Crippen LogP contribution in [0.4, 0.5) is 0 Å². The molecule has 0 aromatic rings. The third-order valence-electron chi connectivity index (χ3n) is 3.92. The number of carbonyl (C=O) groups is 1. The van der Waals surface area contributed by atoms with Crippen LogP contribution < -0.4 is 5.32 Å². The highest BCUT2D eigenvalue weighted by Crippen LogP contribution is 2.29. The van der Waals surface area contributed by atoms with Crippen molar-refractivity contribution in [2.45, 2.75) is 26.2 Å². The molecule has 0 aromatic heterocycles. The van der Waals surface area contributed by atoms with Crippen molar-refractivity contribution >= 4 is 27.7 Å². The van der Waals surface area contributed by atoms with E-state index in [4.69, 9.17) is 0 Å². The summed E-state index contributed by atoms with van der Waals surface area (Å²) in [6, 6.07) is 0. The summed E-state index contributed by atoms with van der Waals surface area (Å²) in [4.78, 5) is 11.9. The molecule has 1 saturated heterocycles.